The predicted octanol–water partition coefficient (Wildman–Crippen LogP) is 2.84. The molecule has 0 aromatic carbocycles. The Morgan fingerprint density at radius 3 is 3.00 bits per heavy atom. The summed E-state index contributed by atoms with van der Waals surface area (Å²) in [5.74, 6) is 1.35. The first-order chi connectivity index (χ1) is 7.24. The molecule has 1 amide bonds. The van der Waals surface area contributed by atoms with E-state index < -0.39 is 0 Å². The fourth-order valence-electron chi connectivity index (χ4n) is 2.22. The zero-order valence-corrected chi connectivity index (χ0v) is 11.2. The fourth-order valence-corrected chi connectivity index (χ4v) is 5.03. The molecule has 2 aliphatic rings. The number of halogens is 1. The van der Waals surface area contributed by atoms with Crippen LogP contribution in [0.4, 0.5) is 0 Å². The minimum Gasteiger partial charge on any atom is -0.333 e. The van der Waals surface area contributed by atoms with Crippen molar-refractivity contribution in [2.75, 3.05) is 12.3 Å². The van der Waals surface area contributed by atoms with Gasteiger partial charge in [0.25, 0.3) is 5.91 Å². The van der Waals surface area contributed by atoms with Gasteiger partial charge in [0, 0.05) is 33.4 Å². The number of thiophene rings is 1. The largest absolute Gasteiger partial charge is 0.333 e. The number of hydrogen-bond donors (Lipinski definition) is 0. The molecule has 2 unspecified atom stereocenters. The zero-order valence-electron chi connectivity index (χ0n) is 7.98. The molecule has 2 atom stereocenters. The van der Waals surface area contributed by atoms with E-state index in [-0.39, 0.29) is 5.91 Å². The molecule has 0 saturated carbocycles. The van der Waals surface area contributed by atoms with Crippen LogP contribution < -0.4 is 0 Å². The monoisotopic (exact) mass is 303 g/mol. The van der Waals surface area contributed by atoms with Crippen molar-refractivity contribution in [2.24, 2.45) is 0 Å². The second kappa shape index (κ2) is 3.79. The molecule has 0 radical (unpaired) electrons. The molecule has 2 aliphatic heterocycles. The molecule has 2 saturated heterocycles. The Morgan fingerprint density at radius 2 is 2.47 bits per heavy atom. The van der Waals surface area contributed by atoms with E-state index in [1.807, 2.05) is 23.2 Å². The first kappa shape index (κ1) is 10.2. The molecule has 0 spiro atoms. The van der Waals surface area contributed by atoms with Crippen LogP contribution in [0.15, 0.2) is 15.9 Å². The van der Waals surface area contributed by atoms with Crippen molar-refractivity contribution >= 4 is 44.9 Å². The van der Waals surface area contributed by atoms with E-state index in [0.29, 0.717) is 11.3 Å². The molecular weight excluding hydrogens is 294 g/mol. The maximum Gasteiger partial charge on any atom is 0.264 e. The normalized spacial score (nSPS) is 28.7. The SMILES string of the molecule is O=C(c1cc(Br)cs1)N1CC2CC1CS2. The summed E-state index contributed by atoms with van der Waals surface area (Å²) in [5, 5.41) is 2.67. The van der Waals surface area contributed by atoms with Gasteiger partial charge < -0.3 is 4.90 Å². The van der Waals surface area contributed by atoms with Crippen LogP contribution >= 0.6 is 39.0 Å². The average molecular weight is 304 g/mol. The molecule has 3 heterocycles. The quantitative estimate of drug-likeness (QED) is 0.795. The number of hydrogen-bond acceptors (Lipinski definition) is 3. The Kier molecular flexibility index (Phi) is 2.57. The number of nitrogens with zero attached hydrogens (tertiary/aromatic N) is 1. The van der Waals surface area contributed by atoms with E-state index in [0.717, 1.165) is 21.6 Å². The average Bonchev–Trinajstić information content (AvgIpc) is 2.90. The molecule has 2 fully saturated rings. The Bertz CT molecular complexity index is 406. The summed E-state index contributed by atoms with van der Waals surface area (Å²) in [6.45, 7) is 0.948. The number of likely N-dealkylation sites (tertiary alicyclic amines) is 1. The molecule has 1 aromatic heterocycles. The predicted molar refractivity (Wildman–Crippen MR) is 67.7 cm³/mol. The summed E-state index contributed by atoms with van der Waals surface area (Å²) >= 11 is 6.93. The lowest BCUT2D eigenvalue weighted by molar-refractivity contribution is 0.0752. The topological polar surface area (TPSA) is 20.3 Å². The van der Waals surface area contributed by atoms with Gasteiger partial charge in [0.2, 0.25) is 0 Å². The highest BCUT2D eigenvalue weighted by Crippen LogP contribution is 2.38. The number of rotatable bonds is 1. The second-order valence-corrected chi connectivity index (χ2v) is 7.09. The summed E-state index contributed by atoms with van der Waals surface area (Å²) in [6.07, 6.45) is 1.20. The van der Waals surface area contributed by atoms with E-state index in [4.69, 9.17) is 0 Å². The molecular formula is C10H10BrNOS2. The summed E-state index contributed by atoms with van der Waals surface area (Å²) in [5.41, 5.74) is 0. The third kappa shape index (κ3) is 1.74. The van der Waals surface area contributed by atoms with Gasteiger partial charge in [-0.1, -0.05) is 0 Å². The minimum atomic E-state index is 0.221. The summed E-state index contributed by atoms with van der Waals surface area (Å²) in [6, 6.07) is 2.42. The van der Waals surface area contributed by atoms with Crippen LogP contribution in [0.2, 0.25) is 0 Å². The van der Waals surface area contributed by atoms with Gasteiger partial charge in [0.15, 0.2) is 0 Å². The van der Waals surface area contributed by atoms with Crippen molar-refractivity contribution in [3.8, 4) is 0 Å². The van der Waals surface area contributed by atoms with E-state index in [2.05, 4.69) is 20.8 Å². The van der Waals surface area contributed by atoms with Gasteiger partial charge in [-0.25, -0.2) is 0 Å². The summed E-state index contributed by atoms with van der Waals surface area (Å²) in [4.78, 5) is 15.1. The molecule has 0 N–H and O–H groups in total. The first-order valence-electron chi connectivity index (χ1n) is 4.90. The van der Waals surface area contributed by atoms with E-state index in [1.165, 1.54) is 17.8 Å². The highest BCUT2D eigenvalue weighted by Gasteiger charge is 2.41. The van der Waals surface area contributed by atoms with E-state index >= 15 is 0 Å². The van der Waals surface area contributed by atoms with Crippen LogP contribution in [0.1, 0.15) is 16.1 Å². The Hall–Kier alpha value is -0.000000000000000111. The Morgan fingerprint density at radius 1 is 1.60 bits per heavy atom. The van der Waals surface area contributed by atoms with Crippen LogP contribution in [0, 0.1) is 0 Å². The van der Waals surface area contributed by atoms with Crippen molar-refractivity contribution in [1.29, 1.82) is 0 Å². The molecule has 0 aliphatic carbocycles. The van der Waals surface area contributed by atoms with Crippen LogP contribution in [0.5, 0.6) is 0 Å². The molecule has 15 heavy (non-hydrogen) atoms. The van der Waals surface area contributed by atoms with E-state index in [9.17, 15) is 4.79 Å². The van der Waals surface area contributed by atoms with Gasteiger partial charge in [0.05, 0.1) is 4.88 Å². The third-order valence-electron chi connectivity index (χ3n) is 2.94. The Labute approximate surface area is 105 Å². The molecule has 2 nitrogen and oxygen atoms in total. The molecule has 3 rings (SSSR count). The maximum absolute atomic E-state index is 12.2. The van der Waals surface area contributed by atoms with Gasteiger partial charge in [-0.3, -0.25) is 4.79 Å². The maximum atomic E-state index is 12.2. The third-order valence-corrected chi connectivity index (χ3v) is 6.01. The Balaban J connectivity index is 1.81. The number of carbonyl (C=O) groups is 1. The van der Waals surface area contributed by atoms with Crippen molar-refractivity contribution in [3.63, 3.8) is 0 Å². The standard InChI is InChI=1S/C10H10BrNOS2/c11-6-1-9(15-4-6)10(13)12-3-8-2-7(12)5-14-8/h1,4,7-8H,2-3,5H2. The zero-order chi connectivity index (χ0) is 10.4. The lowest BCUT2D eigenvalue weighted by Gasteiger charge is -2.26. The smallest absolute Gasteiger partial charge is 0.264 e. The number of fused-ring (bicyclic) bond motifs is 2. The summed E-state index contributed by atoms with van der Waals surface area (Å²) in [7, 11) is 0. The van der Waals surface area contributed by atoms with E-state index in [1.54, 1.807) is 0 Å². The van der Waals surface area contributed by atoms with Crippen molar-refractivity contribution in [1.82, 2.24) is 4.90 Å². The van der Waals surface area contributed by atoms with Crippen LogP contribution in [0.3, 0.4) is 0 Å². The van der Waals surface area contributed by atoms with Gasteiger partial charge in [0.1, 0.15) is 0 Å². The number of thioether (sulfide) groups is 1. The number of carbonyl (C=O) groups excluding carboxylic acids is 1. The highest BCUT2D eigenvalue weighted by atomic mass is 79.9. The highest BCUT2D eigenvalue weighted by molar-refractivity contribution is 9.10. The lowest BCUT2D eigenvalue weighted by Crippen LogP contribution is -2.38. The minimum absolute atomic E-state index is 0.221. The molecule has 1 aromatic rings. The van der Waals surface area contributed by atoms with Crippen LogP contribution in [0.25, 0.3) is 0 Å². The summed E-state index contributed by atoms with van der Waals surface area (Å²) < 4.78 is 1.01. The number of amides is 1. The fraction of sp³-hybridized carbons (Fsp3) is 0.500. The van der Waals surface area contributed by atoms with Gasteiger partial charge >= 0.3 is 0 Å². The lowest BCUT2D eigenvalue weighted by atomic mass is 10.2. The molecule has 80 valence electrons. The first-order valence-corrected chi connectivity index (χ1v) is 7.63. The van der Waals surface area contributed by atoms with Crippen molar-refractivity contribution in [3.05, 3.63) is 20.8 Å². The molecule has 2 bridgehead atoms. The van der Waals surface area contributed by atoms with Crippen molar-refractivity contribution < 1.29 is 4.79 Å². The van der Waals surface area contributed by atoms with Crippen LogP contribution in [-0.2, 0) is 0 Å². The molecule has 5 heteroatoms. The second-order valence-electron chi connectivity index (χ2n) is 3.93. The van der Waals surface area contributed by atoms with Crippen molar-refractivity contribution in [2.45, 2.75) is 17.7 Å². The van der Waals surface area contributed by atoms with Gasteiger partial charge in [-0.2, -0.15) is 11.8 Å². The van der Waals surface area contributed by atoms with Gasteiger partial charge in [-0.05, 0) is 28.4 Å². The van der Waals surface area contributed by atoms with Gasteiger partial charge in [-0.15, -0.1) is 11.3 Å². The van der Waals surface area contributed by atoms with Crippen LogP contribution in [-0.4, -0.2) is 34.4 Å².